The summed E-state index contributed by atoms with van der Waals surface area (Å²) < 4.78 is 19.1. The lowest BCUT2D eigenvalue weighted by molar-refractivity contribution is 0.299. The number of hydrogen-bond donors (Lipinski definition) is 1. The van der Waals surface area contributed by atoms with Crippen LogP contribution in [0.5, 0.6) is 5.75 Å². The summed E-state index contributed by atoms with van der Waals surface area (Å²) in [7, 11) is 0. The molecule has 0 aliphatic rings. The quantitative estimate of drug-likeness (QED) is 0.872. The molecule has 19 heavy (non-hydrogen) atoms. The zero-order valence-electron chi connectivity index (χ0n) is 10.4. The number of hydrogen-bond acceptors (Lipinski definition) is 3. The summed E-state index contributed by atoms with van der Waals surface area (Å²) in [6, 6.07) is 8.22. The Hall–Kier alpha value is -2.01. The molecule has 3 nitrogen and oxygen atoms in total. The Morgan fingerprint density at radius 2 is 2.21 bits per heavy atom. The molecule has 0 bridgehead atoms. The van der Waals surface area contributed by atoms with Gasteiger partial charge in [-0.15, -0.1) is 0 Å². The van der Waals surface area contributed by atoms with Crippen molar-refractivity contribution >= 4 is 17.2 Å². The third-order valence-electron chi connectivity index (χ3n) is 2.70. The van der Waals surface area contributed by atoms with Crippen LogP contribution in [-0.2, 0) is 6.61 Å². The molecule has 0 atom stereocenters. The number of thiocarbonyl (C=S) groups is 1. The van der Waals surface area contributed by atoms with E-state index >= 15 is 0 Å². The molecule has 2 rings (SSSR count). The molecule has 0 aliphatic carbocycles. The number of nitrogens with two attached hydrogens (primary N) is 1. The number of aromatic nitrogens is 1. The van der Waals surface area contributed by atoms with Gasteiger partial charge in [-0.25, -0.2) is 4.39 Å². The molecule has 0 amide bonds. The van der Waals surface area contributed by atoms with Gasteiger partial charge in [0, 0.05) is 17.8 Å². The van der Waals surface area contributed by atoms with Gasteiger partial charge in [0.15, 0.2) is 0 Å². The Morgan fingerprint density at radius 3 is 2.84 bits per heavy atom. The molecular formula is C14H13FN2OS. The maximum atomic E-state index is 13.6. The van der Waals surface area contributed by atoms with Crippen molar-refractivity contribution in [3.63, 3.8) is 0 Å². The molecule has 1 aromatic carbocycles. The van der Waals surface area contributed by atoms with Gasteiger partial charge in [-0.05, 0) is 30.7 Å². The molecular weight excluding hydrogens is 263 g/mol. The van der Waals surface area contributed by atoms with E-state index in [1.54, 1.807) is 12.3 Å². The molecule has 0 spiro atoms. The van der Waals surface area contributed by atoms with Crippen molar-refractivity contribution in [1.29, 1.82) is 0 Å². The Morgan fingerprint density at radius 1 is 1.42 bits per heavy atom. The lowest BCUT2D eigenvalue weighted by atomic mass is 10.2. The van der Waals surface area contributed by atoms with Crippen molar-refractivity contribution in [3.8, 4) is 5.75 Å². The smallest absolute Gasteiger partial charge is 0.137 e. The van der Waals surface area contributed by atoms with Crippen LogP contribution in [0.1, 0.15) is 16.8 Å². The summed E-state index contributed by atoms with van der Waals surface area (Å²) >= 11 is 4.74. The molecule has 2 N–H and O–H groups in total. The predicted molar refractivity (Wildman–Crippen MR) is 75.6 cm³/mol. The number of halogens is 1. The third kappa shape index (κ3) is 3.26. The van der Waals surface area contributed by atoms with E-state index in [9.17, 15) is 4.39 Å². The second kappa shape index (κ2) is 5.75. The van der Waals surface area contributed by atoms with Crippen molar-refractivity contribution in [2.45, 2.75) is 13.5 Å². The first-order chi connectivity index (χ1) is 9.08. The number of nitrogens with zero attached hydrogens (tertiary/aromatic N) is 1. The SMILES string of the molecule is Cc1cccnc1COc1ccc(C(N)=S)c(F)c1. The zero-order valence-corrected chi connectivity index (χ0v) is 11.2. The van der Waals surface area contributed by atoms with Crippen LogP contribution < -0.4 is 10.5 Å². The van der Waals surface area contributed by atoms with Crippen LogP contribution in [0.3, 0.4) is 0 Å². The number of ether oxygens (including phenoxy) is 1. The largest absolute Gasteiger partial charge is 0.487 e. The number of benzene rings is 1. The van der Waals surface area contributed by atoms with Crippen LogP contribution in [0.15, 0.2) is 36.5 Å². The van der Waals surface area contributed by atoms with Crippen LogP contribution >= 0.6 is 12.2 Å². The number of pyridine rings is 1. The summed E-state index contributed by atoms with van der Waals surface area (Å²) in [6.45, 7) is 2.24. The Labute approximate surface area is 116 Å². The van der Waals surface area contributed by atoms with Crippen LogP contribution in [0.25, 0.3) is 0 Å². The van der Waals surface area contributed by atoms with E-state index < -0.39 is 5.82 Å². The third-order valence-corrected chi connectivity index (χ3v) is 2.92. The molecule has 1 heterocycles. The average molecular weight is 276 g/mol. The highest BCUT2D eigenvalue weighted by molar-refractivity contribution is 7.80. The van der Waals surface area contributed by atoms with Gasteiger partial charge in [0.2, 0.25) is 0 Å². The van der Waals surface area contributed by atoms with Crippen LogP contribution in [0.2, 0.25) is 0 Å². The highest BCUT2D eigenvalue weighted by atomic mass is 32.1. The highest BCUT2D eigenvalue weighted by Crippen LogP contribution is 2.18. The fraction of sp³-hybridized carbons (Fsp3) is 0.143. The van der Waals surface area contributed by atoms with Gasteiger partial charge in [0.1, 0.15) is 23.2 Å². The number of aryl methyl sites for hydroxylation is 1. The van der Waals surface area contributed by atoms with Gasteiger partial charge in [-0.1, -0.05) is 18.3 Å². The fourth-order valence-electron chi connectivity index (χ4n) is 1.61. The molecule has 0 saturated heterocycles. The molecule has 0 radical (unpaired) electrons. The predicted octanol–water partition coefficient (Wildman–Crippen LogP) is 2.74. The van der Waals surface area contributed by atoms with Gasteiger partial charge in [-0.3, -0.25) is 4.98 Å². The first kappa shape index (κ1) is 13.4. The summed E-state index contributed by atoms with van der Waals surface area (Å²) in [5.41, 5.74) is 7.46. The van der Waals surface area contributed by atoms with Crippen LogP contribution in [-0.4, -0.2) is 9.97 Å². The van der Waals surface area contributed by atoms with E-state index in [0.717, 1.165) is 11.3 Å². The Bertz CT molecular complexity index is 616. The molecule has 1 aromatic heterocycles. The Balaban J connectivity index is 2.11. The van der Waals surface area contributed by atoms with Gasteiger partial charge in [-0.2, -0.15) is 0 Å². The van der Waals surface area contributed by atoms with E-state index in [1.807, 2.05) is 19.1 Å². The lowest BCUT2D eigenvalue weighted by Gasteiger charge is -2.09. The van der Waals surface area contributed by atoms with E-state index in [-0.39, 0.29) is 10.6 Å². The maximum absolute atomic E-state index is 13.6. The van der Waals surface area contributed by atoms with Crippen molar-refractivity contribution in [2.75, 3.05) is 0 Å². The highest BCUT2D eigenvalue weighted by Gasteiger charge is 2.07. The van der Waals surface area contributed by atoms with Gasteiger partial charge in [0.05, 0.1) is 5.69 Å². The van der Waals surface area contributed by atoms with E-state index in [4.69, 9.17) is 22.7 Å². The molecule has 0 unspecified atom stereocenters. The standard InChI is InChI=1S/C14H13FN2OS/c1-9-3-2-6-17-13(9)8-18-10-4-5-11(14(16)19)12(15)7-10/h2-7H,8H2,1H3,(H2,16,19). The van der Waals surface area contributed by atoms with Gasteiger partial charge in [0.25, 0.3) is 0 Å². The average Bonchev–Trinajstić information content (AvgIpc) is 2.37. The van der Waals surface area contributed by atoms with Crippen molar-refractivity contribution in [3.05, 3.63) is 59.2 Å². The van der Waals surface area contributed by atoms with Gasteiger partial charge >= 0.3 is 0 Å². The summed E-state index contributed by atoms with van der Waals surface area (Å²) in [6.07, 6.45) is 1.70. The molecule has 0 fully saturated rings. The van der Waals surface area contributed by atoms with E-state index in [0.29, 0.717) is 12.4 Å². The van der Waals surface area contributed by atoms with E-state index in [1.165, 1.54) is 12.1 Å². The summed E-state index contributed by atoms with van der Waals surface area (Å²) in [4.78, 5) is 4.23. The number of rotatable bonds is 4. The van der Waals surface area contributed by atoms with Gasteiger partial charge < -0.3 is 10.5 Å². The van der Waals surface area contributed by atoms with Crippen molar-refractivity contribution in [1.82, 2.24) is 4.98 Å². The minimum absolute atomic E-state index is 0.0321. The minimum atomic E-state index is -0.484. The second-order valence-corrected chi connectivity index (χ2v) is 4.50. The molecule has 0 saturated carbocycles. The van der Waals surface area contributed by atoms with Crippen molar-refractivity contribution in [2.24, 2.45) is 5.73 Å². The molecule has 98 valence electrons. The second-order valence-electron chi connectivity index (χ2n) is 4.06. The topological polar surface area (TPSA) is 48.1 Å². The Kier molecular flexibility index (Phi) is 4.06. The summed E-state index contributed by atoms with van der Waals surface area (Å²) in [5, 5.41) is 0. The maximum Gasteiger partial charge on any atom is 0.137 e. The van der Waals surface area contributed by atoms with E-state index in [2.05, 4.69) is 4.98 Å². The zero-order chi connectivity index (χ0) is 13.8. The molecule has 0 aliphatic heterocycles. The molecule has 5 heteroatoms. The lowest BCUT2D eigenvalue weighted by Crippen LogP contribution is -2.11. The first-order valence-corrected chi connectivity index (χ1v) is 6.11. The summed E-state index contributed by atoms with van der Waals surface area (Å²) in [5.74, 6) is -0.0645. The van der Waals surface area contributed by atoms with Crippen molar-refractivity contribution < 1.29 is 9.13 Å². The molecule has 2 aromatic rings. The fourth-order valence-corrected chi connectivity index (χ4v) is 1.77. The van der Waals surface area contributed by atoms with Crippen LogP contribution in [0, 0.1) is 12.7 Å². The monoisotopic (exact) mass is 276 g/mol. The normalized spacial score (nSPS) is 10.2. The minimum Gasteiger partial charge on any atom is -0.487 e. The first-order valence-electron chi connectivity index (χ1n) is 5.70. The van der Waals surface area contributed by atoms with Crippen LogP contribution in [0.4, 0.5) is 4.39 Å².